The lowest BCUT2D eigenvalue weighted by atomic mass is 10.1. The van der Waals surface area contributed by atoms with Crippen LogP contribution in [0.25, 0.3) is 0 Å². The summed E-state index contributed by atoms with van der Waals surface area (Å²) in [5.74, 6) is -0.581. The summed E-state index contributed by atoms with van der Waals surface area (Å²) in [4.78, 5) is 22.4. The predicted octanol–water partition coefficient (Wildman–Crippen LogP) is 2.54. The van der Waals surface area contributed by atoms with Crippen molar-refractivity contribution in [3.05, 3.63) is 53.5 Å². The number of carbonyl (C=O) groups excluding carboxylic acids is 1. The fourth-order valence-electron chi connectivity index (χ4n) is 1.90. The highest BCUT2D eigenvalue weighted by Gasteiger charge is 2.14. The Labute approximate surface area is 127 Å². The van der Waals surface area contributed by atoms with E-state index in [9.17, 15) is 9.59 Å². The van der Waals surface area contributed by atoms with Crippen molar-refractivity contribution < 1.29 is 23.8 Å². The molecule has 1 heterocycles. The summed E-state index contributed by atoms with van der Waals surface area (Å²) in [7, 11) is 0. The Hall–Kier alpha value is -2.76. The van der Waals surface area contributed by atoms with Gasteiger partial charge in [-0.05, 0) is 43.2 Å². The van der Waals surface area contributed by atoms with Gasteiger partial charge in [-0.25, -0.2) is 4.79 Å². The molecular weight excluding hydrogens is 286 g/mol. The Kier molecular flexibility index (Phi) is 4.83. The molecule has 0 aliphatic carbocycles. The molecule has 0 aliphatic heterocycles. The van der Waals surface area contributed by atoms with Crippen LogP contribution in [-0.4, -0.2) is 23.6 Å². The van der Waals surface area contributed by atoms with Crippen LogP contribution in [0, 0.1) is 6.92 Å². The van der Waals surface area contributed by atoms with Crippen LogP contribution < -0.4 is 10.1 Å². The average molecular weight is 303 g/mol. The summed E-state index contributed by atoms with van der Waals surface area (Å²) in [5, 5.41) is 11.4. The van der Waals surface area contributed by atoms with Gasteiger partial charge in [0, 0.05) is 0 Å². The van der Waals surface area contributed by atoms with E-state index in [0.29, 0.717) is 5.75 Å². The molecule has 1 unspecified atom stereocenters. The predicted molar refractivity (Wildman–Crippen MR) is 78.9 cm³/mol. The number of furan rings is 1. The van der Waals surface area contributed by atoms with Crippen LogP contribution in [0.3, 0.4) is 0 Å². The van der Waals surface area contributed by atoms with E-state index >= 15 is 0 Å². The zero-order valence-electron chi connectivity index (χ0n) is 12.3. The summed E-state index contributed by atoms with van der Waals surface area (Å²) in [6.45, 7) is 3.31. The SMILES string of the molecule is Cc1coc(C(=O)NC(C)c2ccc(OCC(=O)O)cc2)c1. The van der Waals surface area contributed by atoms with E-state index < -0.39 is 5.97 Å². The molecule has 1 aromatic carbocycles. The van der Waals surface area contributed by atoms with Gasteiger partial charge in [-0.1, -0.05) is 12.1 Å². The zero-order valence-corrected chi connectivity index (χ0v) is 12.3. The molecule has 0 radical (unpaired) electrons. The molecule has 2 rings (SSSR count). The second kappa shape index (κ2) is 6.80. The van der Waals surface area contributed by atoms with Crippen LogP contribution >= 0.6 is 0 Å². The first-order valence-electron chi connectivity index (χ1n) is 6.76. The van der Waals surface area contributed by atoms with Crippen LogP contribution in [0.2, 0.25) is 0 Å². The molecule has 0 aliphatic rings. The first kappa shape index (κ1) is 15.6. The number of carbonyl (C=O) groups is 2. The van der Waals surface area contributed by atoms with E-state index in [0.717, 1.165) is 11.1 Å². The first-order chi connectivity index (χ1) is 10.5. The van der Waals surface area contributed by atoms with Crippen molar-refractivity contribution in [1.82, 2.24) is 5.32 Å². The molecule has 6 nitrogen and oxygen atoms in total. The summed E-state index contributed by atoms with van der Waals surface area (Å²) in [6, 6.07) is 8.33. The molecule has 1 aromatic heterocycles. The number of carboxylic acid groups (broad SMARTS) is 1. The molecule has 0 saturated carbocycles. The average Bonchev–Trinajstić information content (AvgIpc) is 2.92. The van der Waals surface area contributed by atoms with Crippen LogP contribution in [0.4, 0.5) is 0 Å². The summed E-state index contributed by atoms with van der Waals surface area (Å²) >= 11 is 0. The summed E-state index contributed by atoms with van der Waals surface area (Å²) in [6.07, 6.45) is 1.52. The van der Waals surface area contributed by atoms with E-state index in [4.69, 9.17) is 14.3 Å². The largest absolute Gasteiger partial charge is 0.482 e. The standard InChI is InChI=1S/C16H17NO5/c1-10-7-14(22-8-10)16(20)17-11(2)12-3-5-13(6-4-12)21-9-15(18)19/h3-8,11H,9H2,1-2H3,(H,17,20)(H,18,19). The van der Waals surface area contributed by atoms with E-state index in [2.05, 4.69) is 5.32 Å². The number of carboxylic acids is 1. The normalized spacial score (nSPS) is 11.7. The van der Waals surface area contributed by atoms with Gasteiger partial charge < -0.3 is 19.6 Å². The molecular formula is C16H17NO5. The number of benzene rings is 1. The third-order valence-electron chi connectivity index (χ3n) is 3.04. The van der Waals surface area contributed by atoms with Gasteiger partial charge in [0.2, 0.25) is 0 Å². The minimum atomic E-state index is -1.03. The Morgan fingerprint density at radius 3 is 2.55 bits per heavy atom. The molecule has 0 saturated heterocycles. The maximum absolute atomic E-state index is 12.0. The lowest BCUT2D eigenvalue weighted by Crippen LogP contribution is -2.26. The molecule has 0 spiro atoms. The molecule has 0 fully saturated rings. The highest BCUT2D eigenvalue weighted by Crippen LogP contribution is 2.18. The summed E-state index contributed by atoms with van der Waals surface area (Å²) in [5.41, 5.74) is 1.76. The van der Waals surface area contributed by atoms with Gasteiger partial charge in [-0.3, -0.25) is 4.79 Å². The van der Waals surface area contributed by atoms with Crippen molar-refractivity contribution in [2.75, 3.05) is 6.61 Å². The molecule has 2 N–H and O–H groups in total. The van der Waals surface area contributed by atoms with Gasteiger partial charge >= 0.3 is 5.97 Å². The van der Waals surface area contributed by atoms with Crippen molar-refractivity contribution in [2.24, 2.45) is 0 Å². The number of ether oxygens (including phenoxy) is 1. The Balaban J connectivity index is 1.96. The van der Waals surface area contributed by atoms with Crippen LogP contribution in [0.5, 0.6) is 5.75 Å². The third-order valence-corrected chi connectivity index (χ3v) is 3.04. The monoisotopic (exact) mass is 303 g/mol. The zero-order chi connectivity index (χ0) is 16.1. The minimum absolute atomic E-state index is 0.216. The van der Waals surface area contributed by atoms with Crippen molar-refractivity contribution >= 4 is 11.9 Å². The van der Waals surface area contributed by atoms with Gasteiger partial charge in [0.15, 0.2) is 12.4 Å². The van der Waals surface area contributed by atoms with Crippen molar-refractivity contribution in [3.8, 4) is 5.75 Å². The number of hydrogen-bond acceptors (Lipinski definition) is 4. The number of aryl methyl sites for hydroxylation is 1. The highest BCUT2D eigenvalue weighted by atomic mass is 16.5. The minimum Gasteiger partial charge on any atom is -0.482 e. The topological polar surface area (TPSA) is 88.8 Å². The number of rotatable bonds is 6. The molecule has 1 atom stereocenters. The number of aliphatic carboxylic acids is 1. The van der Waals surface area contributed by atoms with Crippen molar-refractivity contribution in [1.29, 1.82) is 0 Å². The van der Waals surface area contributed by atoms with Gasteiger partial charge in [0.1, 0.15) is 5.75 Å². The van der Waals surface area contributed by atoms with E-state index in [1.165, 1.54) is 6.26 Å². The third kappa shape index (κ3) is 4.12. The van der Waals surface area contributed by atoms with E-state index in [1.807, 2.05) is 13.8 Å². The number of nitrogens with one attached hydrogen (secondary N) is 1. The van der Waals surface area contributed by atoms with Crippen LogP contribution in [0.1, 0.15) is 34.6 Å². The lowest BCUT2D eigenvalue weighted by molar-refractivity contribution is -0.139. The van der Waals surface area contributed by atoms with E-state index in [-0.39, 0.29) is 24.3 Å². The highest BCUT2D eigenvalue weighted by molar-refractivity contribution is 5.91. The maximum Gasteiger partial charge on any atom is 0.341 e. The van der Waals surface area contributed by atoms with Gasteiger partial charge in [-0.2, -0.15) is 0 Å². The molecule has 22 heavy (non-hydrogen) atoms. The fourth-order valence-corrected chi connectivity index (χ4v) is 1.90. The van der Waals surface area contributed by atoms with Crippen LogP contribution in [0.15, 0.2) is 41.0 Å². The van der Waals surface area contributed by atoms with E-state index in [1.54, 1.807) is 30.3 Å². The van der Waals surface area contributed by atoms with Gasteiger partial charge in [0.05, 0.1) is 12.3 Å². The number of hydrogen-bond donors (Lipinski definition) is 2. The first-order valence-corrected chi connectivity index (χ1v) is 6.76. The van der Waals surface area contributed by atoms with Gasteiger partial charge in [0.25, 0.3) is 5.91 Å². The molecule has 1 amide bonds. The summed E-state index contributed by atoms with van der Waals surface area (Å²) < 4.78 is 10.2. The molecule has 116 valence electrons. The lowest BCUT2D eigenvalue weighted by Gasteiger charge is -2.14. The molecule has 6 heteroatoms. The quantitative estimate of drug-likeness (QED) is 0.856. The number of amides is 1. The smallest absolute Gasteiger partial charge is 0.341 e. The van der Waals surface area contributed by atoms with Crippen LogP contribution in [-0.2, 0) is 4.79 Å². The second-order valence-corrected chi connectivity index (χ2v) is 4.93. The molecule has 2 aromatic rings. The fraction of sp³-hybridized carbons (Fsp3) is 0.250. The van der Waals surface area contributed by atoms with Gasteiger partial charge in [-0.15, -0.1) is 0 Å². The molecule has 0 bridgehead atoms. The Morgan fingerprint density at radius 2 is 2.00 bits per heavy atom. The Morgan fingerprint density at radius 1 is 1.32 bits per heavy atom. The van der Waals surface area contributed by atoms with Crippen molar-refractivity contribution in [2.45, 2.75) is 19.9 Å². The maximum atomic E-state index is 12.0. The Bertz CT molecular complexity index is 659. The van der Waals surface area contributed by atoms with Crippen molar-refractivity contribution in [3.63, 3.8) is 0 Å². The second-order valence-electron chi connectivity index (χ2n) is 4.93.